The number of ether oxygens (including phenoxy) is 2. The summed E-state index contributed by atoms with van der Waals surface area (Å²) in [4.78, 5) is 18.9. The maximum absolute atomic E-state index is 12.9. The minimum absolute atomic E-state index is 0.0313. The average molecular weight is 460 g/mol. The van der Waals surface area contributed by atoms with E-state index in [0.29, 0.717) is 22.8 Å². The summed E-state index contributed by atoms with van der Waals surface area (Å²) in [6, 6.07) is 25.8. The number of fused-ring (bicyclic) bond motifs is 1. The number of rotatable bonds is 6. The van der Waals surface area contributed by atoms with Gasteiger partial charge in [-0.1, -0.05) is 72.4 Å². The van der Waals surface area contributed by atoms with Gasteiger partial charge in [0.1, 0.15) is 0 Å². The van der Waals surface area contributed by atoms with Crippen molar-refractivity contribution in [2.45, 2.75) is 24.0 Å². The molecule has 1 aliphatic heterocycles. The van der Waals surface area contributed by atoms with Gasteiger partial charge in [-0.05, 0) is 23.8 Å². The van der Waals surface area contributed by atoms with Gasteiger partial charge in [0, 0.05) is 25.0 Å². The van der Waals surface area contributed by atoms with Gasteiger partial charge >= 0.3 is 0 Å². The van der Waals surface area contributed by atoms with Gasteiger partial charge in [0.05, 0.1) is 16.3 Å². The molecule has 0 atom stereocenters. The molecule has 0 aliphatic carbocycles. The standard InChI is InChI=1S/C26H21NO3S2/c1-26(2)29-21-14-13-19(15-22(21)30-26)20(28)16-31-25-27-23(17-9-5-3-6-10-17)24(32-25)18-11-7-4-8-12-18/h3-15H,16H2,1-2H3. The lowest BCUT2D eigenvalue weighted by Gasteiger charge is -2.16. The number of carbonyl (C=O) groups is 1. The van der Waals surface area contributed by atoms with Gasteiger partial charge < -0.3 is 9.47 Å². The van der Waals surface area contributed by atoms with E-state index in [1.165, 1.54) is 11.8 Å². The predicted octanol–water partition coefficient (Wildman–Crippen LogP) is 6.96. The Morgan fingerprint density at radius 3 is 2.28 bits per heavy atom. The zero-order valence-corrected chi connectivity index (χ0v) is 19.3. The highest BCUT2D eigenvalue weighted by Crippen LogP contribution is 2.41. The van der Waals surface area contributed by atoms with Crippen molar-refractivity contribution in [3.8, 4) is 33.2 Å². The number of thioether (sulfide) groups is 1. The average Bonchev–Trinajstić information content (AvgIpc) is 3.37. The zero-order chi connectivity index (χ0) is 22.1. The Morgan fingerprint density at radius 2 is 1.56 bits per heavy atom. The van der Waals surface area contributed by atoms with E-state index in [1.807, 2.05) is 50.2 Å². The number of ketones is 1. The highest BCUT2D eigenvalue weighted by atomic mass is 32.2. The van der Waals surface area contributed by atoms with Crippen molar-refractivity contribution in [2.24, 2.45) is 0 Å². The number of thiazole rings is 1. The lowest BCUT2D eigenvalue weighted by molar-refractivity contribution is -0.0431. The van der Waals surface area contributed by atoms with Gasteiger partial charge in [-0.25, -0.2) is 4.98 Å². The first-order chi connectivity index (χ1) is 15.5. The minimum atomic E-state index is -0.707. The van der Waals surface area contributed by atoms with Crippen LogP contribution in [0.2, 0.25) is 0 Å². The first kappa shape index (κ1) is 20.8. The molecule has 4 aromatic rings. The number of hydrogen-bond donors (Lipinski definition) is 0. The minimum Gasteiger partial charge on any atom is -0.449 e. The zero-order valence-electron chi connectivity index (χ0n) is 17.7. The topological polar surface area (TPSA) is 48.4 Å². The van der Waals surface area contributed by atoms with E-state index < -0.39 is 5.79 Å². The summed E-state index contributed by atoms with van der Waals surface area (Å²) in [5.41, 5.74) is 3.75. The molecule has 1 aliphatic rings. The van der Waals surface area contributed by atoms with E-state index in [0.717, 1.165) is 26.0 Å². The van der Waals surface area contributed by atoms with Crippen LogP contribution in [0.4, 0.5) is 0 Å². The smallest absolute Gasteiger partial charge is 0.246 e. The molecule has 4 nitrogen and oxygen atoms in total. The maximum Gasteiger partial charge on any atom is 0.246 e. The lowest BCUT2D eigenvalue weighted by atomic mass is 10.1. The normalized spacial score (nSPS) is 13.8. The van der Waals surface area contributed by atoms with Crippen molar-refractivity contribution in [1.82, 2.24) is 4.98 Å². The molecule has 32 heavy (non-hydrogen) atoms. The largest absolute Gasteiger partial charge is 0.449 e. The molecular formula is C26H21NO3S2. The van der Waals surface area contributed by atoms with Crippen LogP contribution in [0.5, 0.6) is 11.5 Å². The van der Waals surface area contributed by atoms with E-state index in [4.69, 9.17) is 14.5 Å². The highest BCUT2D eigenvalue weighted by Gasteiger charge is 2.32. The second kappa shape index (κ2) is 8.45. The van der Waals surface area contributed by atoms with E-state index in [9.17, 15) is 4.79 Å². The second-order valence-electron chi connectivity index (χ2n) is 7.87. The van der Waals surface area contributed by atoms with Crippen LogP contribution in [0.15, 0.2) is 83.2 Å². The van der Waals surface area contributed by atoms with Crippen LogP contribution in [-0.4, -0.2) is 22.3 Å². The van der Waals surface area contributed by atoms with Gasteiger partial charge in [0.2, 0.25) is 5.79 Å². The summed E-state index contributed by atoms with van der Waals surface area (Å²) >= 11 is 3.09. The summed E-state index contributed by atoms with van der Waals surface area (Å²) in [6.45, 7) is 3.70. The van der Waals surface area contributed by atoms with E-state index in [2.05, 4.69) is 24.3 Å². The van der Waals surface area contributed by atoms with Crippen LogP contribution in [0.1, 0.15) is 24.2 Å². The van der Waals surface area contributed by atoms with E-state index in [1.54, 1.807) is 29.5 Å². The van der Waals surface area contributed by atoms with Crippen molar-refractivity contribution < 1.29 is 14.3 Å². The molecule has 0 bridgehead atoms. The van der Waals surface area contributed by atoms with Crippen molar-refractivity contribution in [3.05, 3.63) is 84.4 Å². The molecule has 0 fully saturated rings. The molecule has 3 aromatic carbocycles. The summed E-state index contributed by atoms with van der Waals surface area (Å²) in [5, 5.41) is 0. The molecule has 5 rings (SSSR count). The number of aromatic nitrogens is 1. The first-order valence-corrected chi connectivity index (χ1v) is 12.1. The molecule has 1 aromatic heterocycles. The first-order valence-electron chi connectivity index (χ1n) is 10.3. The Kier molecular flexibility index (Phi) is 5.49. The van der Waals surface area contributed by atoms with Crippen LogP contribution < -0.4 is 9.47 Å². The Bertz CT molecular complexity index is 1210. The lowest BCUT2D eigenvalue weighted by Crippen LogP contribution is -2.29. The second-order valence-corrected chi connectivity index (χ2v) is 10.1. The SMILES string of the molecule is CC1(C)Oc2ccc(C(=O)CSc3nc(-c4ccccc4)c(-c4ccccc4)s3)cc2O1. The molecule has 6 heteroatoms. The fourth-order valence-electron chi connectivity index (χ4n) is 3.55. The predicted molar refractivity (Wildman–Crippen MR) is 130 cm³/mol. The molecule has 0 saturated heterocycles. The molecule has 0 N–H and O–H groups in total. The molecule has 0 amide bonds. The Balaban J connectivity index is 1.37. The third-order valence-corrected chi connectivity index (χ3v) is 7.24. The van der Waals surface area contributed by atoms with Crippen molar-refractivity contribution >= 4 is 28.9 Å². The van der Waals surface area contributed by atoms with Crippen LogP contribution in [0.25, 0.3) is 21.7 Å². The van der Waals surface area contributed by atoms with Crippen LogP contribution in [0.3, 0.4) is 0 Å². The molecule has 0 radical (unpaired) electrons. The quantitative estimate of drug-likeness (QED) is 0.230. The number of benzene rings is 3. The van der Waals surface area contributed by atoms with Gasteiger partial charge in [-0.15, -0.1) is 11.3 Å². The summed E-state index contributed by atoms with van der Waals surface area (Å²) in [6.07, 6.45) is 0. The monoisotopic (exact) mass is 459 g/mol. The van der Waals surface area contributed by atoms with E-state index in [-0.39, 0.29) is 5.78 Å². The molecule has 2 heterocycles. The van der Waals surface area contributed by atoms with Crippen molar-refractivity contribution in [2.75, 3.05) is 5.75 Å². The molecule has 160 valence electrons. The molecule has 0 saturated carbocycles. The van der Waals surface area contributed by atoms with Gasteiger partial charge in [0.15, 0.2) is 21.6 Å². The third kappa shape index (κ3) is 4.29. The molecule has 0 spiro atoms. The van der Waals surface area contributed by atoms with Crippen LogP contribution in [0, 0.1) is 0 Å². The molecular weight excluding hydrogens is 438 g/mol. The number of carbonyl (C=O) groups excluding carboxylic acids is 1. The van der Waals surface area contributed by atoms with Crippen molar-refractivity contribution in [1.29, 1.82) is 0 Å². The number of Topliss-reactive ketones (excluding diaryl/α,β-unsaturated/α-hetero) is 1. The molecule has 0 unspecified atom stereocenters. The third-order valence-electron chi connectivity index (χ3n) is 4.99. The summed E-state index contributed by atoms with van der Waals surface area (Å²) in [5.74, 6) is 0.904. The van der Waals surface area contributed by atoms with Crippen LogP contribution in [-0.2, 0) is 0 Å². The van der Waals surface area contributed by atoms with Gasteiger partial charge in [-0.2, -0.15) is 0 Å². The Hall–Kier alpha value is -3.09. The number of hydrogen-bond acceptors (Lipinski definition) is 6. The Labute approximate surface area is 195 Å². The fourth-order valence-corrected chi connectivity index (χ4v) is 5.61. The summed E-state index contributed by atoms with van der Waals surface area (Å²) < 4.78 is 12.4. The van der Waals surface area contributed by atoms with Gasteiger partial charge in [0.25, 0.3) is 0 Å². The maximum atomic E-state index is 12.9. The highest BCUT2D eigenvalue weighted by molar-refractivity contribution is 8.01. The summed E-state index contributed by atoms with van der Waals surface area (Å²) in [7, 11) is 0. The number of nitrogens with zero attached hydrogens (tertiary/aromatic N) is 1. The fraction of sp³-hybridized carbons (Fsp3) is 0.154. The van der Waals surface area contributed by atoms with Gasteiger partial charge in [-0.3, -0.25) is 4.79 Å². The van der Waals surface area contributed by atoms with Crippen molar-refractivity contribution in [3.63, 3.8) is 0 Å². The van der Waals surface area contributed by atoms with E-state index >= 15 is 0 Å². The van der Waals surface area contributed by atoms with Crippen LogP contribution >= 0.6 is 23.1 Å². The Morgan fingerprint density at radius 1 is 0.906 bits per heavy atom.